The zero-order valence-electron chi connectivity index (χ0n) is 14.8. The number of carbonyl (C=O) groups is 1. The summed E-state index contributed by atoms with van der Waals surface area (Å²) in [7, 11) is 0. The first-order valence-corrected chi connectivity index (χ1v) is 9.73. The van der Waals surface area contributed by atoms with Crippen molar-refractivity contribution in [2.24, 2.45) is 0 Å². The number of benzene rings is 3. The quantitative estimate of drug-likeness (QED) is 0.464. The fourth-order valence-corrected chi connectivity index (χ4v) is 3.59. The number of aliphatic hydroxyl groups excluding tert-OH is 1. The first-order chi connectivity index (χ1) is 13.0. The van der Waals surface area contributed by atoms with Crippen molar-refractivity contribution < 1.29 is 9.90 Å². The smallest absolute Gasteiger partial charge is 0.194 e. The Bertz CT molecular complexity index is 988. The van der Waals surface area contributed by atoms with Gasteiger partial charge in [0, 0.05) is 33.6 Å². The Hall–Kier alpha value is -2.14. The highest BCUT2D eigenvalue weighted by Gasteiger charge is 2.15. The monoisotopic (exact) mass is 443 g/mol. The second-order valence-corrected chi connectivity index (χ2v) is 7.56. The summed E-state index contributed by atoms with van der Waals surface area (Å²) in [5, 5.41) is 13.0. The van der Waals surface area contributed by atoms with Crippen molar-refractivity contribution in [3.05, 3.63) is 92.4 Å². The van der Waals surface area contributed by atoms with Crippen LogP contribution in [0.5, 0.6) is 0 Å². The number of ketones is 1. The third-order valence-electron chi connectivity index (χ3n) is 4.33. The molecule has 0 aliphatic rings. The lowest BCUT2D eigenvalue weighted by atomic mass is 9.99. The number of carbonyl (C=O) groups excluding carboxylic acids is 1. The van der Waals surface area contributed by atoms with Gasteiger partial charge in [-0.2, -0.15) is 0 Å². The Kier molecular flexibility index (Phi) is 6.32. The first kappa shape index (κ1) is 19.6. The lowest BCUT2D eigenvalue weighted by molar-refractivity contribution is 0.103. The van der Waals surface area contributed by atoms with Gasteiger partial charge in [0.1, 0.15) is 0 Å². The molecule has 138 valence electrons. The highest BCUT2D eigenvalue weighted by molar-refractivity contribution is 9.10. The van der Waals surface area contributed by atoms with Crippen molar-refractivity contribution in [3.63, 3.8) is 0 Å². The van der Waals surface area contributed by atoms with E-state index in [1.165, 1.54) is 0 Å². The summed E-state index contributed by atoms with van der Waals surface area (Å²) in [6.45, 7) is 1.98. The van der Waals surface area contributed by atoms with Crippen LogP contribution >= 0.6 is 27.5 Å². The van der Waals surface area contributed by atoms with Crippen LogP contribution in [0, 0.1) is 6.92 Å². The molecule has 3 nitrogen and oxygen atoms in total. The van der Waals surface area contributed by atoms with Crippen molar-refractivity contribution in [2.75, 3.05) is 11.9 Å². The average Bonchev–Trinajstić information content (AvgIpc) is 2.64. The van der Waals surface area contributed by atoms with E-state index in [0.29, 0.717) is 22.6 Å². The Morgan fingerprint density at radius 2 is 1.85 bits per heavy atom. The summed E-state index contributed by atoms with van der Waals surface area (Å²) in [6.07, 6.45) is 0.541. The zero-order chi connectivity index (χ0) is 19.4. The molecule has 0 unspecified atom stereocenters. The summed E-state index contributed by atoms with van der Waals surface area (Å²) in [5.41, 5.74) is 4.71. The van der Waals surface area contributed by atoms with Gasteiger partial charge in [-0.1, -0.05) is 51.8 Å². The van der Waals surface area contributed by atoms with Crippen molar-refractivity contribution in [1.82, 2.24) is 0 Å². The SMILES string of the molecule is Cc1ccccc1C(=O)c1ccc(Nc2ccc(Br)cc2CCO)cc1Cl. The summed E-state index contributed by atoms with van der Waals surface area (Å²) in [6, 6.07) is 18.6. The molecule has 3 aromatic carbocycles. The molecule has 0 fully saturated rings. The maximum absolute atomic E-state index is 12.8. The van der Waals surface area contributed by atoms with E-state index in [1.54, 1.807) is 12.1 Å². The van der Waals surface area contributed by atoms with Gasteiger partial charge in [0.05, 0.1) is 5.02 Å². The van der Waals surface area contributed by atoms with Gasteiger partial charge in [0.15, 0.2) is 5.78 Å². The molecule has 0 aliphatic carbocycles. The lowest BCUT2D eigenvalue weighted by Gasteiger charge is -2.14. The van der Waals surface area contributed by atoms with E-state index in [4.69, 9.17) is 11.6 Å². The molecule has 0 spiro atoms. The molecule has 0 saturated heterocycles. The van der Waals surface area contributed by atoms with Gasteiger partial charge in [-0.05, 0) is 60.9 Å². The third kappa shape index (κ3) is 4.59. The number of nitrogens with one attached hydrogen (secondary N) is 1. The first-order valence-electron chi connectivity index (χ1n) is 8.56. The van der Waals surface area contributed by atoms with E-state index in [-0.39, 0.29) is 12.4 Å². The average molecular weight is 445 g/mol. The van der Waals surface area contributed by atoms with Crippen molar-refractivity contribution >= 4 is 44.7 Å². The van der Waals surface area contributed by atoms with E-state index in [9.17, 15) is 9.90 Å². The van der Waals surface area contributed by atoms with Gasteiger partial charge in [-0.25, -0.2) is 0 Å². The molecule has 27 heavy (non-hydrogen) atoms. The van der Waals surface area contributed by atoms with Crippen LogP contribution in [0.3, 0.4) is 0 Å². The standard InChI is InChI=1S/C22H19BrClNO2/c1-14-4-2-3-5-18(14)22(27)19-8-7-17(13-20(19)24)25-21-9-6-16(23)12-15(21)10-11-26/h2-9,12-13,25-26H,10-11H2,1H3. The van der Waals surface area contributed by atoms with Gasteiger partial charge >= 0.3 is 0 Å². The van der Waals surface area contributed by atoms with Crippen molar-refractivity contribution in [1.29, 1.82) is 0 Å². The molecule has 0 atom stereocenters. The van der Waals surface area contributed by atoms with Crippen molar-refractivity contribution in [2.45, 2.75) is 13.3 Å². The Morgan fingerprint density at radius 3 is 2.56 bits per heavy atom. The second-order valence-electron chi connectivity index (χ2n) is 6.24. The molecule has 3 aromatic rings. The molecule has 3 rings (SSSR count). The molecular formula is C22H19BrClNO2. The Labute approximate surface area is 172 Å². The molecule has 0 radical (unpaired) electrons. The largest absolute Gasteiger partial charge is 0.396 e. The molecule has 0 heterocycles. The van der Waals surface area contributed by atoms with Gasteiger partial charge in [0.25, 0.3) is 0 Å². The van der Waals surface area contributed by atoms with Gasteiger partial charge in [-0.15, -0.1) is 0 Å². The lowest BCUT2D eigenvalue weighted by Crippen LogP contribution is -2.05. The predicted molar refractivity (Wildman–Crippen MR) is 114 cm³/mol. The fraction of sp³-hybridized carbons (Fsp3) is 0.136. The van der Waals surface area contributed by atoms with Crippen LogP contribution in [-0.2, 0) is 6.42 Å². The van der Waals surface area contributed by atoms with Gasteiger partial charge < -0.3 is 10.4 Å². The molecule has 0 aromatic heterocycles. The molecule has 0 amide bonds. The van der Waals surface area contributed by atoms with Crippen LogP contribution in [0.25, 0.3) is 0 Å². The maximum Gasteiger partial charge on any atom is 0.194 e. The fourth-order valence-electron chi connectivity index (χ4n) is 2.92. The molecule has 0 aliphatic heterocycles. The minimum absolute atomic E-state index is 0.0652. The van der Waals surface area contributed by atoms with E-state index in [2.05, 4.69) is 21.2 Å². The summed E-state index contributed by atoms with van der Waals surface area (Å²) < 4.78 is 0.953. The summed E-state index contributed by atoms with van der Waals surface area (Å²) in [5.74, 6) is -0.0886. The van der Waals surface area contributed by atoms with Crippen LogP contribution < -0.4 is 5.32 Å². The van der Waals surface area contributed by atoms with E-state index >= 15 is 0 Å². The number of anilines is 2. The Balaban J connectivity index is 1.88. The topological polar surface area (TPSA) is 49.3 Å². The van der Waals surface area contributed by atoms with E-state index in [0.717, 1.165) is 27.0 Å². The maximum atomic E-state index is 12.8. The predicted octanol–water partition coefficient (Wildman–Crippen LogP) is 5.92. The van der Waals surface area contributed by atoms with Crippen molar-refractivity contribution in [3.8, 4) is 0 Å². The summed E-state index contributed by atoms with van der Waals surface area (Å²) >= 11 is 9.86. The normalized spacial score (nSPS) is 10.7. The van der Waals surface area contributed by atoms with Gasteiger partial charge in [0.2, 0.25) is 0 Å². The molecule has 2 N–H and O–H groups in total. The van der Waals surface area contributed by atoms with Crippen LogP contribution in [-0.4, -0.2) is 17.5 Å². The van der Waals surface area contributed by atoms with Crippen LogP contribution in [0.2, 0.25) is 5.02 Å². The Morgan fingerprint density at radius 1 is 1.07 bits per heavy atom. The molecule has 0 bridgehead atoms. The second kappa shape index (κ2) is 8.70. The molecule has 0 saturated carbocycles. The number of halogens is 2. The van der Waals surface area contributed by atoms with Crippen LogP contribution in [0.15, 0.2) is 65.1 Å². The number of hydrogen-bond donors (Lipinski definition) is 2. The number of rotatable bonds is 6. The van der Waals surface area contributed by atoms with E-state index in [1.807, 2.05) is 55.5 Å². The number of aryl methyl sites for hydroxylation is 1. The zero-order valence-corrected chi connectivity index (χ0v) is 17.1. The molecule has 5 heteroatoms. The molecular weight excluding hydrogens is 426 g/mol. The minimum atomic E-state index is -0.0886. The number of aliphatic hydroxyl groups is 1. The minimum Gasteiger partial charge on any atom is -0.396 e. The summed E-state index contributed by atoms with van der Waals surface area (Å²) in [4.78, 5) is 12.8. The third-order valence-corrected chi connectivity index (χ3v) is 5.14. The van der Waals surface area contributed by atoms with Crippen LogP contribution in [0.1, 0.15) is 27.0 Å². The number of hydrogen-bond acceptors (Lipinski definition) is 3. The highest BCUT2D eigenvalue weighted by atomic mass is 79.9. The van der Waals surface area contributed by atoms with Crippen LogP contribution in [0.4, 0.5) is 11.4 Å². The van der Waals surface area contributed by atoms with Gasteiger partial charge in [-0.3, -0.25) is 4.79 Å². The highest BCUT2D eigenvalue weighted by Crippen LogP contribution is 2.29. The van der Waals surface area contributed by atoms with E-state index < -0.39 is 0 Å².